The number of Topliss-reactive ketones (excluding diaryl/α,β-unsaturated/α-hetero) is 2. The van der Waals surface area contributed by atoms with E-state index in [2.05, 4.69) is 83.7 Å². The maximum absolute atomic E-state index is 12.7. The quantitative estimate of drug-likeness (QED) is 0.234. The van der Waals surface area contributed by atoms with Gasteiger partial charge in [-0.1, -0.05) is 0 Å². The zero-order valence-corrected chi connectivity index (χ0v) is 19.8. The van der Waals surface area contributed by atoms with Crippen LogP contribution < -0.4 is 0 Å². The monoisotopic (exact) mass is 624 g/mol. The number of halogens is 4. The van der Waals surface area contributed by atoms with Gasteiger partial charge in [-0.05, 0) is 88.0 Å². The second-order valence-corrected chi connectivity index (χ2v) is 9.43. The van der Waals surface area contributed by atoms with Crippen LogP contribution in [0.3, 0.4) is 0 Å². The van der Waals surface area contributed by atoms with E-state index in [4.69, 9.17) is 0 Å². The molecule has 2 aromatic carbocycles. The molecule has 1 aliphatic carbocycles. The van der Waals surface area contributed by atoms with Crippen LogP contribution in [0.5, 0.6) is 0 Å². The van der Waals surface area contributed by atoms with Crippen LogP contribution in [-0.2, 0) is 0 Å². The van der Waals surface area contributed by atoms with E-state index < -0.39 is 11.6 Å². The molecule has 0 N–H and O–H groups in total. The predicted octanol–water partition coefficient (Wildman–Crippen LogP) is 5.67. The molecule has 0 saturated carbocycles. The highest BCUT2D eigenvalue weighted by Gasteiger charge is 2.36. The van der Waals surface area contributed by atoms with Crippen molar-refractivity contribution in [2.75, 3.05) is 0 Å². The molecule has 10 heteroatoms. The lowest BCUT2D eigenvalue weighted by atomic mass is 9.97. The standard InChI is InChI=1S/C18H4Br4N4O2/c19-5-1-9-11(3-7(5)21)25-15-13(23-9)14-16(18(28)17(15)27)26-12-4-8(22)6(20)2-10(12)24-14/h1-4H. The van der Waals surface area contributed by atoms with Crippen molar-refractivity contribution < 1.29 is 9.59 Å². The van der Waals surface area contributed by atoms with Crippen molar-refractivity contribution in [2.45, 2.75) is 0 Å². The summed E-state index contributed by atoms with van der Waals surface area (Å²) >= 11 is 13.7. The molecular formula is C18H4Br4N4O2. The largest absolute Gasteiger partial charge is 0.283 e. The summed E-state index contributed by atoms with van der Waals surface area (Å²) < 4.78 is 3.13. The first kappa shape index (κ1) is 18.4. The van der Waals surface area contributed by atoms with Crippen LogP contribution in [-0.4, -0.2) is 31.5 Å². The van der Waals surface area contributed by atoms with Gasteiger partial charge in [-0.15, -0.1) is 0 Å². The van der Waals surface area contributed by atoms with E-state index >= 15 is 0 Å². The van der Waals surface area contributed by atoms with Gasteiger partial charge < -0.3 is 0 Å². The Morgan fingerprint density at radius 3 is 1.00 bits per heavy atom. The third-order valence-electron chi connectivity index (χ3n) is 4.27. The molecule has 28 heavy (non-hydrogen) atoms. The first-order valence-corrected chi connectivity index (χ1v) is 10.9. The molecule has 0 aliphatic heterocycles. The molecule has 0 unspecified atom stereocenters. The lowest BCUT2D eigenvalue weighted by molar-refractivity contribution is 0.0809. The smallest absolute Gasteiger partial charge is 0.255 e. The Hall–Kier alpha value is -1.62. The summed E-state index contributed by atoms with van der Waals surface area (Å²) in [5, 5.41) is 0. The molecule has 0 atom stereocenters. The van der Waals surface area contributed by atoms with E-state index in [-0.39, 0.29) is 22.8 Å². The first-order chi connectivity index (χ1) is 13.3. The van der Waals surface area contributed by atoms with E-state index in [9.17, 15) is 9.59 Å². The predicted molar refractivity (Wildman–Crippen MR) is 118 cm³/mol. The third-order valence-corrected chi connectivity index (χ3v) is 7.96. The Balaban J connectivity index is 1.88. The van der Waals surface area contributed by atoms with Crippen molar-refractivity contribution in [3.63, 3.8) is 0 Å². The number of hydrogen-bond donors (Lipinski definition) is 0. The zero-order chi connectivity index (χ0) is 19.7. The van der Waals surface area contributed by atoms with E-state index in [1.807, 2.05) is 0 Å². The van der Waals surface area contributed by atoms with Gasteiger partial charge in [0, 0.05) is 17.9 Å². The van der Waals surface area contributed by atoms with Gasteiger partial charge in [0.2, 0.25) is 0 Å². The molecule has 6 nitrogen and oxygen atoms in total. The summed E-state index contributed by atoms with van der Waals surface area (Å²) in [5.41, 5.74) is 2.64. The lowest BCUT2D eigenvalue weighted by Crippen LogP contribution is -2.25. The van der Waals surface area contributed by atoms with Gasteiger partial charge in [0.1, 0.15) is 22.8 Å². The summed E-state index contributed by atoms with van der Waals surface area (Å²) in [5.74, 6) is -1.47. The lowest BCUT2D eigenvalue weighted by Gasteiger charge is -2.16. The molecule has 2 heterocycles. The maximum atomic E-state index is 12.7. The average Bonchev–Trinajstić information content (AvgIpc) is 2.66. The molecule has 2 aromatic heterocycles. The minimum absolute atomic E-state index is 0.0101. The summed E-state index contributed by atoms with van der Waals surface area (Å²) in [6, 6.07) is 7.05. The molecule has 136 valence electrons. The van der Waals surface area contributed by atoms with Crippen LogP contribution in [0.2, 0.25) is 0 Å². The van der Waals surface area contributed by atoms with Gasteiger partial charge in [-0.3, -0.25) is 9.59 Å². The number of nitrogens with zero attached hydrogens (tertiary/aromatic N) is 4. The Labute approximate surface area is 190 Å². The minimum Gasteiger partial charge on any atom is -0.283 e. The summed E-state index contributed by atoms with van der Waals surface area (Å²) in [6.07, 6.45) is 0. The molecule has 5 rings (SSSR count). The second kappa shape index (κ2) is 6.45. The van der Waals surface area contributed by atoms with Crippen LogP contribution in [0.1, 0.15) is 21.0 Å². The topological polar surface area (TPSA) is 85.7 Å². The van der Waals surface area contributed by atoms with Gasteiger partial charge >= 0.3 is 0 Å². The molecule has 0 spiro atoms. The fraction of sp³-hybridized carbons (Fsp3) is 0. The SMILES string of the molecule is O=C1C(=O)c2nc3cc(Br)c(Br)cc3nc2-c2nc3cc(Br)c(Br)cc3nc21. The van der Waals surface area contributed by atoms with Crippen LogP contribution in [0, 0.1) is 0 Å². The Morgan fingerprint density at radius 1 is 0.464 bits per heavy atom. The van der Waals surface area contributed by atoms with Crippen molar-refractivity contribution >= 4 is 97.4 Å². The van der Waals surface area contributed by atoms with Gasteiger partial charge in [-0.2, -0.15) is 0 Å². The average molecular weight is 628 g/mol. The minimum atomic E-state index is -0.735. The van der Waals surface area contributed by atoms with Crippen molar-refractivity contribution in [3.8, 4) is 11.4 Å². The highest BCUT2D eigenvalue weighted by atomic mass is 79.9. The highest BCUT2D eigenvalue weighted by Crippen LogP contribution is 2.35. The number of carbonyl (C=O) groups excluding carboxylic acids is 2. The van der Waals surface area contributed by atoms with E-state index in [0.717, 1.165) is 17.9 Å². The highest BCUT2D eigenvalue weighted by molar-refractivity contribution is 9.13. The molecule has 0 radical (unpaired) electrons. The van der Waals surface area contributed by atoms with Crippen LogP contribution in [0.15, 0.2) is 42.2 Å². The molecule has 0 amide bonds. The van der Waals surface area contributed by atoms with Crippen LogP contribution in [0.25, 0.3) is 33.5 Å². The van der Waals surface area contributed by atoms with Crippen molar-refractivity contribution in [1.82, 2.24) is 19.9 Å². The summed E-state index contributed by atoms with van der Waals surface area (Å²) in [6.45, 7) is 0. The molecule has 0 saturated heterocycles. The summed E-state index contributed by atoms with van der Waals surface area (Å²) in [4.78, 5) is 43.3. The van der Waals surface area contributed by atoms with Crippen molar-refractivity contribution in [3.05, 3.63) is 53.5 Å². The number of ketones is 2. The van der Waals surface area contributed by atoms with Crippen LogP contribution in [0.4, 0.5) is 0 Å². The fourth-order valence-electron chi connectivity index (χ4n) is 2.97. The number of hydrogen-bond acceptors (Lipinski definition) is 6. The Morgan fingerprint density at radius 2 is 0.714 bits per heavy atom. The first-order valence-electron chi connectivity index (χ1n) is 7.76. The zero-order valence-electron chi connectivity index (χ0n) is 13.4. The second-order valence-electron chi connectivity index (χ2n) is 6.01. The van der Waals surface area contributed by atoms with Crippen molar-refractivity contribution in [1.29, 1.82) is 0 Å². The van der Waals surface area contributed by atoms with E-state index in [1.165, 1.54) is 0 Å². The van der Waals surface area contributed by atoms with E-state index in [1.54, 1.807) is 24.3 Å². The van der Waals surface area contributed by atoms with Crippen molar-refractivity contribution in [2.24, 2.45) is 0 Å². The Kier molecular flexibility index (Phi) is 4.24. The number of fused-ring (bicyclic) bond motifs is 5. The normalized spacial score (nSPS) is 13.1. The Bertz CT molecular complexity index is 1300. The maximum Gasteiger partial charge on any atom is 0.255 e. The molecular weight excluding hydrogens is 624 g/mol. The van der Waals surface area contributed by atoms with Gasteiger partial charge in [0.15, 0.2) is 0 Å². The molecule has 4 aromatic rings. The third kappa shape index (κ3) is 2.69. The van der Waals surface area contributed by atoms with Gasteiger partial charge in [-0.25, -0.2) is 19.9 Å². The van der Waals surface area contributed by atoms with Gasteiger partial charge in [0.05, 0.1) is 22.1 Å². The number of benzene rings is 2. The fourth-order valence-corrected chi connectivity index (χ4v) is 4.29. The number of carbonyl (C=O) groups is 2. The number of rotatable bonds is 0. The van der Waals surface area contributed by atoms with Crippen LogP contribution >= 0.6 is 63.7 Å². The van der Waals surface area contributed by atoms with E-state index in [0.29, 0.717) is 22.1 Å². The number of aromatic nitrogens is 4. The molecule has 0 fully saturated rings. The molecule has 0 bridgehead atoms. The van der Waals surface area contributed by atoms with Gasteiger partial charge in [0.25, 0.3) is 11.6 Å². The molecule has 1 aliphatic rings. The summed E-state index contributed by atoms with van der Waals surface area (Å²) in [7, 11) is 0.